The highest BCUT2D eigenvalue weighted by Gasteiger charge is 2.22. The van der Waals surface area contributed by atoms with Crippen molar-refractivity contribution >= 4 is 39.0 Å². The second kappa shape index (κ2) is 10.2. The molecule has 0 aromatic heterocycles. The number of nitrogens with one attached hydrogen (secondary N) is 2. The summed E-state index contributed by atoms with van der Waals surface area (Å²) in [5, 5.41) is 2.83. The molecule has 0 bridgehead atoms. The highest BCUT2D eigenvalue weighted by atomic mass is 32.2. The van der Waals surface area contributed by atoms with E-state index in [1.165, 1.54) is 31.2 Å². The van der Waals surface area contributed by atoms with Gasteiger partial charge in [-0.2, -0.15) is 0 Å². The Hall–Kier alpha value is -3.82. The van der Waals surface area contributed by atoms with Gasteiger partial charge in [0.2, 0.25) is 15.9 Å². The first-order valence-electron chi connectivity index (χ1n) is 11.1. The lowest BCUT2D eigenvalue weighted by molar-refractivity contribution is -0.117. The number of sulfonamides is 1. The molecule has 0 atom stereocenters. The molecule has 3 aromatic carbocycles. The highest BCUT2D eigenvalue weighted by molar-refractivity contribution is 7.89. The van der Waals surface area contributed by atoms with Gasteiger partial charge in [0.05, 0.1) is 4.90 Å². The summed E-state index contributed by atoms with van der Waals surface area (Å²) in [4.78, 5) is 37.8. The maximum Gasteiger partial charge on any atom is 0.255 e. The molecule has 2 amide bonds. The molecule has 4 rings (SSSR count). The van der Waals surface area contributed by atoms with Crippen molar-refractivity contribution in [1.82, 2.24) is 4.72 Å². The van der Waals surface area contributed by atoms with Crippen LogP contribution in [0.4, 0.5) is 11.4 Å². The summed E-state index contributed by atoms with van der Waals surface area (Å²) in [6.45, 7) is 2.13. The minimum Gasteiger partial charge on any atom is -0.322 e. The molecule has 0 aliphatic carbocycles. The number of ketones is 1. The first-order valence-corrected chi connectivity index (χ1v) is 12.6. The van der Waals surface area contributed by atoms with Crippen molar-refractivity contribution < 1.29 is 22.8 Å². The molecule has 35 heavy (non-hydrogen) atoms. The Morgan fingerprint density at radius 2 is 1.63 bits per heavy atom. The maximum absolute atomic E-state index is 12.7. The molecular weight excluding hydrogens is 466 g/mol. The van der Waals surface area contributed by atoms with E-state index < -0.39 is 10.0 Å². The van der Waals surface area contributed by atoms with E-state index in [0.29, 0.717) is 35.3 Å². The number of carbonyl (C=O) groups is 3. The monoisotopic (exact) mass is 491 g/mol. The zero-order chi connectivity index (χ0) is 25.0. The molecule has 1 fully saturated rings. The van der Waals surface area contributed by atoms with Crippen LogP contribution < -0.4 is 14.9 Å². The van der Waals surface area contributed by atoms with Gasteiger partial charge in [-0.1, -0.05) is 30.3 Å². The molecule has 9 heteroatoms. The second-order valence-electron chi connectivity index (χ2n) is 8.26. The smallest absolute Gasteiger partial charge is 0.255 e. The van der Waals surface area contributed by atoms with Gasteiger partial charge in [0, 0.05) is 42.0 Å². The van der Waals surface area contributed by atoms with Crippen LogP contribution in [0.2, 0.25) is 0 Å². The average Bonchev–Trinajstić information content (AvgIpc) is 3.29. The summed E-state index contributed by atoms with van der Waals surface area (Å²) in [5.74, 6) is -0.374. The fourth-order valence-electron chi connectivity index (χ4n) is 3.78. The zero-order valence-corrected chi connectivity index (χ0v) is 20.0. The quantitative estimate of drug-likeness (QED) is 0.466. The van der Waals surface area contributed by atoms with Crippen molar-refractivity contribution in [3.63, 3.8) is 0 Å². The van der Waals surface area contributed by atoms with Crippen LogP contribution in [-0.2, 0) is 21.4 Å². The Morgan fingerprint density at radius 1 is 0.943 bits per heavy atom. The van der Waals surface area contributed by atoms with Crippen LogP contribution in [0.15, 0.2) is 77.7 Å². The molecule has 1 saturated heterocycles. The number of hydrogen-bond donors (Lipinski definition) is 2. The molecule has 2 N–H and O–H groups in total. The normalized spacial score (nSPS) is 13.6. The molecule has 0 spiro atoms. The standard InChI is InChI=1S/C26H25N3O5S/c1-18(30)20-11-13-24(14-12-20)35(33,34)27-17-19-7-9-21(10-8-19)26(32)28-22-4-2-5-23(16-22)29-15-3-6-25(29)31/h2,4-5,7-14,16,27H,3,6,15,17H2,1H3,(H,28,32). The van der Waals surface area contributed by atoms with Crippen molar-refractivity contribution in [2.24, 2.45) is 0 Å². The third kappa shape index (κ3) is 5.82. The summed E-state index contributed by atoms with van der Waals surface area (Å²) < 4.78 is 27.6. The van der Waals surface area contributed by atoms with Gasteiger partial charge in [0.25, 0.3) is 5.91 Å². The van der Waals surface area contributed by atoms with Crippen molar-refractivity contribution in [1.29, 1.82) is 0 Å². The van der Waals surface area contributed by atoms with Crippen LogP contribution in [0, 0.1) is 0 Å². The number of anilines is 2. The van der Waals surface area contributed by atoms with E-state index in [0.717, 1.165) is 12.1 Å². The Morgan fingerprint density at radius 3 is 2.26 bits per heavy atom. The van der Waals surface area contributed by atoms with E-state index in [2.05, 4.69) is 10.0 Å². The minimum absolute atomic E-state index is 0.0462. The number of hydrogen-bond acceptors (Lipinski definition) is 5. The van der Waals surface area contributed by atoms with Gasteiger partial charge in [-0.05, 0) is 61.4 Å². The van der Waals surface area contributed by atoms with Crippen LogP contribution in [0.3, 0.4) is 0 Å². The van der Waals surface area contributed by atoms with Gasteiger partial charge >= 0.3 is 0 Å². The van der Waals surface area contributed by atoms with Crippen LogP contribution in [0.5, 0.6) is 0 Å². The number of rotatable bonds is 8. The molecule has 180 valence electrons. The third-order valence-corrected chi connectivity index (χ3v) is 7.16. The number of amides is 2. The Kier molecular flexibility index (Phi) is 7.09. The van der Waals surface area contributed by atoms with Crippen molar-refractivity contribution in [3.8, 4) is 0 Å². The topological polar surface area (TPSA) is 113 Å². The molecule has 8 nitrogen and oxygen atoms in total. The SMILES string of the molecule is CC(=O)c1ccc(S(=O)(=O)NCc2ccc(C(=O)Nc3cccc(N4CCCC4=O)c3)cc2)cc1. The van der Waals surface area contributed by atoms with E-state index >= 15 is 0 Å². The van der Waals surface area contributed by atoms with E-state index in [9.17, 15) is 22.8 Å². The summed E-state index contributed by atoms with van der Waals surface area (Å²) in [6, 6.07) is 19.5. The molecule has 1 aliphatic heterocycles. The lowest BCUT2D eigenvalue weighted by Crippen LogP contribution is -2.24. The summed E-state index contributed by atoms with van der Waals surface area (Å²) >= 11 is 0. The number of benzene rings is 3. The fourth-order valence-corrected chi connectivity index (χ4v) is 4.80. The van der Waals surface area contributed by atoms with Gasteiger partial charge in [0.15, 0.2) is 5.78 Å². The van der Waals surface area contributed by atoms with Crippen LogP contribution in [0.1, 0.15) is 46.0 Å². The highest BCUT2D eigenvalue weighted by Crippen LogP contribution is 2.24. The van der Waals surface area contributed by atoms with Gasteiger partial charge < -0.3 is 10.2 Å². The predicted molar refractivity (Wildman–Crippen MR) is 133 cm³/mol. The van der Waals surface area contributed by atoms with Crippen LogP contribution >= 0.6 is 0 Å². The largest absolute Gasteiger partial charge is 0.322 e. The lowest BCUT2D eigenvalue weighted by Gasteiger charge is -2.16. The van der Waals surface area contributed by atoms with E-state index in [-0.39, 0.29) is 29.0 Å². The van der Waals surface area contributed by atoms with Crippen molar-refractivity contribution in [3.05, 3.63) is 89.5 Å². The molecule has 0 saturated carbocycles. The summed E-state index contributed by atoms with van der Waals surface area (Å²) in [6.07, 6.45) is 1.36. The molecule has 0 unspecified atom stereocenters. The van der Waals surface area contributed by atoms with Crippen molar-refractivity contribution in [2.45, 2.75) is 31.2 Å². The van der Waals surface area contributed by atoms with E-state index in [1.54, 1.807) is 47.4 Å². The zero-order valence-electron chi connectivity index (χ0n) is 19.2. The van der Waals surface area contributed by atoms with E-state index in [4.69, 9.17) is 0 Å². The molecule has 1 aliphatic rings. The number of Topliss-reactive ketones (excluding diaryl/α,β-unsaturated/α-hetero) is 1. The molecule has 3 aromatic rings. The summed E-state index contributed by atoms with van der Waals surface area (Å²) in [5.41, 5.74) is 2.87. The first kappa shape index (κ1) is 24.3. The van der Waals surface area contributed by atoms with Crippen LogP contribution in [0.25, 0.3) is 0 Å². The summed E-state index contributed by atoms with van der Waals surface area (Å²) in [7, 11) is -3.75. The van der Waals surface area contributed by atoms with Crippen molar-refractivity contribution in [2.75, 3.05) is 16.8 Å². The first-order chi connectivity index (χ1) is 16.7. The van der Waals surface area contributed by atoms with Gasteiger partial charge in [-0.25, -0.2) is 13.1 Å². The lowest BCUT2D eigenvalue weighted by atomic mass is 10.1. The Bertz CT molecular complexity index is 1370. The predicted octanol–water partition coefficient (Wildman–Crippen LogP) is 3.75. The van der Waals surface area contributed by atoms with Crippen LogP contribution in [-0.4, -0.2) is 32.6 Å². The van der Waals surface area contributed by atoms with Gasteiger partial charge in [-0.3, -0.25) is 14.4 Å². The Balaban J connectivity index is 1.37. The van der Waals surface area contributed by atoms with Gasteiger partial charge in [0.1, 0.15) is 0 Å². The number of nitrogens with zero attached hydrogens (tertiary/aromatic N) is 1. The average molecular weight is 492 g/mol. The van der Waals surface area contributed by atoms with E-state index in [1.807, 2.05) is 6.07 Å². The van der Waals surface area contributed by atoms with Gasteiger partial charge in [-0.15, -0.1) is 0 Å². The maximum atomic E-state index is 12.7. The Labute approximate surface area is 204 Å². The molecule has 0 radical (unpaired) electrons. The minimum atomic E-state index is -3.75. The second-order valence-corrected chi connectivity index (χ2v) is 10.0. The molecule has 1 heterocycles. The fraction of sp³-hybridized carbons (Fsp3) is 0.192. The molecular formula is C26H25N3O5S. The number of carbonyl (C=O) groups excluding carboxylic acids is 3. The third-order valence-electron chi connectivity index (χ3n) is 5.74.